The van der Waals surface area contributed by atoms with Gasteiger partial charge in [0.25, 0.3) is 5.91 Å². The molecule has 232 valence electrons. The lowest BCUT2D eigenvalue weighted by molar-refractivity contribution is -0.861. The molecule has 0 spiro atoms. The number of primary amides is 1. The molecular weight excluding hydrogens is 570 g/mol. The fraction of sp³-hybridized carbons (Fsp3) is 0.452. The molecule has 5 N–H and O–H groups in total. The van der Waals surface area contributed by atoms with E-state index >= 15 is 0 Å². The molecular formula is C31H36N5O8+. The number of nitrogens with two attached hydrogens (primary N) is 1. The second-order valence-corrected chi connectivity index (χ2v) is 13.2. The number of nitrogens with one attached hydrogen (secondary N) is 1. The number of rotatable bonds is 6. The van der Waals surface area contributed by atoms with Crippen LogP contribution in [0, 0.1) is 23.7 Å². The van der Waals surface area contributed by atoms with Crippen LogP contribution < -0.4 is 11.1 Å². The number of aromatic hydroxyl groups is 1. The van der Waals surface area contributed by atoms with E-state index in [9.17, 15) is 39.0 Å². The van der Waals surface area contributed by atoms with Crippen molar-refractivity contribution in [2.45, 2.75) is 24.5 Å². The van der Waals surface area contributed by atoms with Gasteiger partial charge in [-0.25, -0.2) is 0 Å². The largest absolute Gasteiger partial charge is 0.505 e. The number of amides is 2. The van der Waals surface area contributed by atoms with Crippen LogP contribution in [0.1, 0.15) is 22.3 Å². The molecule has 0 saturated heterocycles. The third-order valence-corrected chi connectivity index (χ3v) is 8.89. The highest BCUT2D eigenvalue weighted by atomic mass is 16.3. The van der Waals surface area contributed by atoms with Crippen molar-refractivity contribution in [3.63, 3.8) is 0 Å². The Balaban J connectivity index is 1.67. The van der Waals surface area contributed by atoms with E-state index in [4.69, 9.17) is 5.73 Å². The number of likely N-dealkylation sites (N-methyl/N-ethyl adjacent to an activating group) is 2. The van der Waals surface area contributed by atoms with Crippen LogP contribution in [-0.2, 0) is 30.4 Å². The number of phenols is 1. The molecule has 1 heterocycles. The van der Waals surface area contributed by atoms with Crippen molar-refractivity contribution < 1.29 is 43.5 Å². The zero-order chi connectivity index (χ0) is 32.5. The number of Topliss-reactive ketones (excluding diaryl/α,β-unsaturated/α-hetero) is 4. The summed E-state index contributed by atoms with van der Waals surface area (Å²) in [5, 5.41) is 25.9. The van der Waals surface area contributed by atoms with Gasteiger partial charge in [-0.3, -0.25) is 38.7 Å². The molecule has 13 heteroatoms. The number of aliphatic hydroxyl groups is 1. The average molecular weight is 607 g/mol. The van der Waals surface area contributed by atoms with Crippen LogP contribution in [0.2, 0.25) is 0 Å². The Hall–Kier alpha value is -4.33. The molecule has 1 aromatic carbocycles. The Kier molecular flexibility index (Phi) is 7.55. The number of hydrogen-bond acceptors (Lipinski definition) is 10. The van der Waals surface area contributed by atoms with Gasteiger partial charge in [0.15, 0.2) is 41.2 Å². The summed E-state index contributed by atoms with van der Waals surface area (Å²) in [7, 11) is 8.49. The first-order valence-electron chi connectivity index (χ1n) is 14.2. The van der Waals surface area contributed by atoms with E-state index in [1.165, 1.54) is 25.1 Å². The molecule has 0 bridgehead atoms. The van der Waals surface area contributed by atoms with E-state index < -0.39 is 76.0 Å². The van der Waals surface area contributed by atoms with E-state index in [1.807, 2.05) is 21.1 Å². The molecule has 44 heavy (non-hydrogen) atoms. The number of pyridine rings is 1. The Labute approximate surface area is 253 Å². The summed E-state index contributed by atoms with van der Waals surface area (Å²) in [6, 6.07) is 5.49. The molecule has 2 amide bonds. The molecule has 13 nitrogen and oxygen atoms in total. The van der Waals surface area contributed by atoms with Crippen LogP contribution in [0.15, 0.2) is 30.5 Å². The lowest BCUT2D eigenvalue weighted by atomic mass is 9.52. The summed E-state index contributed by atoms with van der Waals surface area (Å²) < 4.78 is 0.290. The molecule has 2 unspecified atom stereocenters. The summed E-state index contributed by atoms with van der Waals surface area (Å²) in [5.74, 6) is -12.0. The monoisotopic (exact) mass is 606 g/mol. The summed E-state index contributed by atoms with van der Waals surface area (Å²) in [6.45, 7) is 0.0515. The van der Waals surface area contributed by atoms with E-state index in [0.29, 0.717) is 21.3 Å². The summed E-state index contributed by atoms with van der Waals surface area (Å²) in [6.07, 6.45) is 1.55. The third-order valence-electron chi connectivity index (χ3n) is 8.89. The van der Waals surface area contributed by atoms with Crippen LogP contribution in [0.3, 0.4) is 0 Å². The minimum atomic E-state index is -2.83. The van der Waals surface area contributed by atoms with Gasteiger partial charge < -0.3 is 25.7 Å². The van der Waals surface area contributed by atoms with Crippen molar-refractivity contribution in [3.8, 4) is 17.0 Å². The van der Waals surface area contributed by atoms with Gasteiger partial charge in [0.1, 0.15) is 5.75 Å². The lowest BCUT2D eigenvalue weighted by Crippen LogP contribution is -2.74. The maximum atomic E-state index is 14.2. The lowest BCUT2D eigenvalue weighted by Gasteiger charge is -2.52. The third kappa shape index (κ3) is 4.81. The van der Waals surface area contributed by atoms with Gasteiger partial charge in [0.2, 0.25) is 5.91 Å². The molecule has 3 aliphatic carbocycles. The Bertz CT molecular complexity index is 1610. The van der Waals surface area contributed by atoms with E-state index in [0.717, 1.165) is 0 Å². The quantitative estimate of drug-likeness (QED) is 0.190. The predicted octanol–water partition coefficient (Wildman–Crippen LogP) is -0.426. The zero-order valence-corrected chi connectivity index (χ0v) is 25.2. The number of carbonyl (C=O) groups excluding carboxylic acids is 6. The maximum Gasteiger partial charge on any atom is 0.279 e. The second kappa shape index (κ2) is 10.7. The van der Waals surface area contributed by atoms with Crippen molar-refractivity contribution in [1.82, 2.24) is 9.88 Å². The van der Waals surface area contributed by atoms with Gasteiger partial charge in [-0.15, -0.1) is 0 Å². The molecule has 2 fully saturated rings. The number of quaternary nitrogens is 1. The highest BCUT2D eigenvalue weighted by molar-refractivity contribution is 6.32. The Morgan fingerprint density at radius 3 is 2.39 bits per heavy atom. The fourth-order valence-electron chi connectivity index (χ4n) is 7.14. The van der Waals surface area contributed by atoms with Crippen molar-refractivity contribution in [2.75, 3.05) is 47.1 Å². The van der Waals surface area contributed by atoms with E-state index in [1.54, 1.807) is 24.4 Å². The molecule has 6 atom stereocenters. The van der Waals surface area contributed by atoms with Gasteiger partial charge >= 0.3 is 0 Å². The molecule has 5 rings (SSSR count). The molecule has 0 radical (unpaired) electrons. The number of carbonyl (C=O) groups is 6. The molecule has 3 aliphatic rings. The number of phenolic OH excluding ortho intramolecular Hbond substituents is 1. The SMILES string of the molecule is CN(C)[C@@H]1C(=O)C(C(N)=O)C(=O)[C@@]2(O)C(=O)C3C(=O)c4c(O)c(NC(=O)C[N+](C)(C)C)cc(-c5ccccn5)c4C[C@H]3C[C@@H]12. The average Bonchev–Trinajstić information content (AvgIpc) is 2.91. The van der Waals surface area contributed by atoms with Crippen LogP contribution >= 0.6 is 0 Å². The fourth-order valence-corrected chi connectivity index (χ4v) is 7.14. The highest BCUT2D eigenvalue weighted by Crippen LogP contribution is 2.52. The summed E-state index contributed by atoms with van der Waals surface area (Å²) in [5.41, 5.74) is 3.57. The van der Waals surface area contributed by atoms with Crippen LogP contribution in [0.25, 0.3) is 11.3 Å². The summed E-state index contributed by atoms with van der Waals surface area (Å²) >= 11 is 0. The van der Waals surface area contributed by atoms with Crippen molar-refractivity contribution in [3.05, 3.63) is 41.6 Å². The Morgan fingerprint density at radius 2 is 1.82 bits per heavy atom. The number of benzene rings is 1. The zero-order valence-electron chi connectivity index (χ0n) is 25.2. The first kappa shape index (κ1) is 31.1. The molecule has 2 saturated carbocycles. The molecule has 1 aromatic heterocycles. The number of hydrogen-bond donors (Lipinski definition) is 4. The van der Waals surface area contributed by atoms with Crippen LogP contribution in [0.5, 0.6) is 5.75 Å². The number of nitrogens with zero attached hydrogens (tertiary/aromatic N) is 3. The van der Waals surface area contributed by atoms with Crippen LogP contribution in [-0.4, -0.2) is 113 Å². The van der Waals surface area contributed by atoms with E-state index in [2.05, 4.69) is 10.3 Å². The van der Waals surface area contributed by atoms with Crippen molar-refractivity contribution >= 4 is 40.6 Å². The highest BCUT2D eigenvalue weighted by Gasteiger charge is 2.69. The van der Waals surface area contributed by atoms with Gasteiger partial charge in [-0.2, -0.15) is 0 Å². The second-order valence-electron chi connectivity index (χ2n) is 13.2. The van der Waals surface area contributed by atoms with Crippen LogP contribution in [0.4, 0.5) is 5.69 Å². The van der Waals surface area contributed by atoms with Crippen molar-refractivity contribution in [2.24, 2.45) is 29.4 Å². The first-order valence-corrected chi connectivity index (χ1v) is 14.2. The van der Waals surface area contributed by atoms with Gasteiger partial charge in [0.05, 0.1) is 50.0 Å². The molecule has 2 aromatic rings. The normalized spacial score (nSPS) is 28.3. The minimum absolute atomic E-state index is 0.0515. The molecule has 0 aliphatic heterocycles. The number of aromatic nitrogens is 1. The van der Waals surface area contributed by atoms with E-state index in [-0.39, 0.29) is 30.6 Å². The number of fused-ring (bicyclic) bond motifs is 3. The summed E-state index contributed by atoms with van der Waals surface area (Å²) in [4.78, 5) is 86.1. The predicted molar refractivity (Wildman–Crippen MR) is 156 cm³/mol. The number of ketones is 4. The Morgan fingerprint density at radius 1 is 1.14 bits per heavy atom. The number of anilines is 1. The van der Waals surface area contributed by atoms with Gasteiger partial charge in [-0.05, 0) is 56.6 Å². The van der Waals surface area contributed by atoms with Crippen molar-refractivity contribution in [1.29, 1.82) is 0 Å². The van der Waals surface area contributed by atoms with Gasteiger partial charge in [-0.1, -0.05) is 6.07 Å². The standard InChI is InChI=1S/C31H35N5O8/c1-35(2)24-17-11-14-10-16-15(18-8-6-7-9-33-18)12-19(34-20(37)13-36(3,4)5)25(38)22(16)26(39)21(14)28(41)31(17,44)29(42)23(27(24)40)30(32)43/h6-9,12,14,17,21,23-24,44H,10-11,13H2,1-5H3,(H3-,32,33,34,37,38,39,43)/p+1/t14-,17-,21?,23?,24-,31-/m0/s1. The topological polar surface area (TPSA) is 197 Å². The smallest absolute Gasteiger partial charge is 0.279 e. The first-order chi connectivity index (χ1) is 20.5. The van der Waals surface area contributed by atoms with Gasteiger partial charge in [0, 0.05) is 17.7 Å². The maximum absolute atomic E-state index is 14.2. The minimum Gasteiger partial charge on any atom is -0.505 e.